The fourth-order valence-electron chi connectivity index (χ4n) is 2.85. The minimum absolute atomic E-state index is 0.0310. The van der Waals surface area contributed by atoms with Crippen LogP contribution >= 0.6 is 0 Å². The van der Waals surface area contributed by atoms with Crippen LogP contribution in [0.25, 0.3) is 0 Å². The molecule has 1 aromatic rings. The number of aldehydes is 1. The highest BCUT2D eigenvalue weighted by Gasteiger charge is 2.29. The molecular formula is C16H23N3O4. The van der Waals surface area contributed by atoms with Crippen LogP contribution in [0, 0.1) is 16.0 Å². The summed E-state index contributed by atoms with van der Waals surface area (Å²) in [6.07, 6.45) is 4.09. The van der Waals surface area contributed by atoms with E-state index in [0.717, 1.165) is 19.1 Å². The lowest BCUT2D eigenvalue weighted by atomic mass is 10.0. The molecule has 1 saturated heterocycles. The number of anilines is 1. The highest BCUT2D eigenvalue weighted by atomic mass is 16.6. The molecule has 1 aromatic heterocycles. The first-order chi connectivity index (χ1) is 11.0. The predicted octanol–water partition coefficient (Wildman–Crippen LogP) is 2.37. The maximum atomic E-state index is 11.5. The van der Waals surface area contributed by atoms with Gasteiger partial charge in [-0.3, -0.25) is 10.1 Å². The largest absolute Gasteiger partial charge is 0.381 e. The van der Waals surface area contributed by atoms with Crippen molar-refractivity contribution in [2.24, 2.45) is 5.92 Å². The number of rotatable bonds is 7. The highest BCUT2D eigenvalue weighted by Crippen LogP contribution is 2.31. The van der Waals surface area contributed by atoms with Gasteiger partial charge in [0.1, 0.15) is 6.29 Å². The van der Waals surface area contributed by atoms with Crippen molar-refractivity contribution in [2.45, 2.75) is 39.2 Å². The van der Waals surface area contributed by atoms with Crippen molar-refractivity contribution in [1.82, 2.24) is 4.98 Å². The summed E-state index contributed by atoms with van der Waals surface area (Å²) in [5.74, 6) is 0.749. The molecule has 0 spiro atoms. The Morgan fingerprint density at radius 2 is 2.17 bits per heavy atom. The summed E-state index contributed by atoms with van der Waals surface area (Å²) < 4.78 is 5.40. The molecule has 7 nitrogen and oxygen atoms in total. The van der Waals surface area contributed by atoms with Gasteiger partial charge in [0.2, 0.25) is 5.82 Å². The van der Waals surface area contributed by atoms with Crippen molar-refractivity contribution in [3.8, 4) is 0 Å². The van der Waals surface area contributed by atoms with Crippen LogP contribution in [0.2, 0.25) is 0 Å². The SMILES string of the molecule is CC(C)CN(c1ncc(CC=O)cc1[N+](=O)[O-])C1CCOCC1. The normalized spacial score (nSPS) is 15.6. The van der Waals surface area contributed by atoms with Crippen molar-refractivity contribution in [3.05, 3.63) is 27.9 Å². The lowest BCUT2D eigenvalue weighted by molar-refractivity contribution is -0.384. The molecule has 2 rings (SSSR count). The van der Waals surface area contributed by atoms with E-state index in [4.69, 9.17) is 4.74 Å². The van der Waals surface area contributed by atoms with Crippen LogP contribution in [-0.4, -0.2) is 42.0 Å². The number of pyridine rings is 1. The fraction of sp³-hybridized carbons (Fsp3) is 0.625. The fourth-order valence-corrected chi connectivity index (χ4v) is 2.85. The zero-order valence-corrected chi connectivity index (χ0v) is 13.6. The Morgan fingerprint density at radius 1 is 1.48 bits per heavy atom. The Balaban J connectivity index is 2.39. The van der Waals surface area contributed by atoms with E-state index in [2.05, 4.69) is 18.8 Å². The summed E-state index contributed by atoms with van der Waals surface area (Å²) in [7, 11) is 0. The minimum atomic E-state index is -0.413. The molecule has 0 aromatic carbocycles. The van der Waals surface area contributed by atoms with Crippen LogP contribution < -0.4 is 4.90 Å². The Labute approximate surface area is 135 Å². The van der Waals surface area contributed by atoms with E-state index < -0.39 is 4.92 Å². The van der Waals surface area contributed by atoms with E-state index in [9.17, 15) is 14.9 Å². The maximum absolute atomic E-state index is 11.5. The Kier molecular flexibility index (Phi) is 6.04. The second-order valence-corrected chi connectivity index (χ2v) is 6.20. The number of nitrogens with zero attached hydrogens (tertiary/aromatic N) is 3. The number of nitro groups is 1. The summed E-state index contributed by atoms with van der Waals surface area (Å²) >= 11 is 0. The van der Waals surface area contributed by atoms with Gasteiger partial charge in [0.25, 0.3) is 0 Å². The van der Waals surface area contributed by atoms with Gasteiger partial charge in [-0.1, -0.05) is 13.8 Å². The molecule has 2 heterocycles. The van der Waals surface area contributed by atoms with E-state index in [1.54, 1.807) is 6.20 Å². The van der Waals surface area contributed by atoms with Crippen LogP contribution in [0.4, 0.5) is 11.5 Å². The smallest absolute Gasteiger partial charge is 0.311 e. The third-order valence-corrected chi connectivity index (χ3v) is 3.89. The minimum Gasteiger partial charge on any atom is -0.381 e. The molecular weight excluding hydrogens is 298 g/mol. The van der Waals surface area contributed by atoms with E-state index in [-0.39, 0.29) is 18.2 Å². The van der Waals surface area contributed by atoms with E-state index >= 15 is 0 Å². The summed E-state index contributed by atoms with van der Waals surface area (Å²) in [5.41, 5.74) is 0.531. The van der Waals surface area contributed by atoms with Crippen LogP contribution in [0.15, 0.2) is 12.3 Å². The van der Waals surface area contributed by atoms with Gasteiger partial charge in [-0.15, -0.1) is 0 Å². The first-order valence-corrected chi connectivity index (χ1v) is 7.94. The number of hydrogen-bond acceptors (Lipinski definition) is 6. The number of carbonyl (C=O) groups excluding carboxylic acids is 1. The van der Waals surface area contributed by atoms with Crippen LogP contribution in [-0.2, 0) is 16.0 Å². The predicted molar refractivity (Wildman–Crippen MR) is 86.7 cm³/mol. The first kappa shape index (κ1) is 17.3. The molecule has 0 saturated carbocycles. The molecule has 126 valence electrons. The molecule has 1 fully saturated rings. The van der Waals surface area contributed by atoms with Gasteiger partial charge in [0, 0.05) is 44.5 Å². The first-order valence-electron chi connectivity index (χ1n) is 7.94. The average molecular weight is 321 g/mol. The molecule has 0 unspecified atom stereocenters. The average Bonchev–Trinajstić information content (AvgIpc) is 2.53. The number of carbonyl (C=O) groups is 1. The summed E-state index contributed by atoms with van der Waals surface area (Å²) in [4.78, 5) is 28.1. The second-order valence-electron chi connectivity index (χ2n) is 6.20. The van der Waals surface area contributed by atoms with Crippen molar-refractivity contribution in [3.63, 3.8) is 0 Å². The highest BCUT2D eigenvalue weighted by molar-refractivity contribution is 5.62. The molecule has 0 radical (unpaired) electrons. The lowest BCUT2D eigenvalue weighted by Gasteiger charge is -2.36. The number of ether oxygens (including phenoxy) is 1. The molecule has 0 bridgehead atoms. The molecule has 1 aliphatic rings. The third kappa shape index (κ3) is 4.48. The van der Waals surface area contributed by atoms with E-state index in [0.29, 0.717) is 37.1 Å². The van der Waals surface area contributed by atoms with E-state index in [1.165, 1.54) is 6.07 Å². The zero-order valence-electron chi connectivity index (χ0n) is 13.6. The summed E-state index contributed by atoms with van der Waals surface area (Å²) in [6.45, 7) is 6.19. The quantitative estimate of drug-likeness (QED) is 0.435. The topological polar surface area (TPSA) is 85.6 Å². The summed E-state index contributed by atoms with van der Waals surface area (Å²) in [6, 6.07) is 1.65. The van der Waals surface area contributed by atoms with Gasteiger partial charge in [-0.05, 0) is 24.3 Å². The second kappa shape index (κ2) is 8.01. The third-order valence-electron chi connectivity index (χ3n) is 3.89. The molecule has 23 heavy (non-hydrogen) atoms. The molecule has 1 aliphatic heterocycles. The molecule has 0 aliphatic carbocycles. The molecule has 0 atom stereocenters. The van der Waals surface area contributed by atoms with Crippen LogP contribution in [0.5, 0.6) is 0 Å². The Hall–Kier alpha value is -2.02. The number of hydrogen-bond donors (Lipinski definition) is 0. The van der Waals surface area contributed by atoms with Crippen molar-refractivity contribution < 1.29 is 14.5 Å². The van der Waals surface area contributed by atoms with Crippen LogP contribution in [0.3, 0.4) is 0 Å². The Morgan fingerprint density at radius 3 is 2.74 bits per heavy atom. The van der Waals surface area contributed by atoms with Gasteiger partial charge >= 0.3 is 5.69 Å². The molecule has 0 N–H and O–H groups in total. The van der Waals surface area contributed by atoms with Gasteiger partial charge < -0.3 is 14.4 Å². The van der Waals surface area contributed by atoms with Crippen molar-refractivity contribution in [2.75, 3.05) is 24.7 Å². The monoisotopic (exact) mass is 321 g/mol. The Bertz CT molecular complexity index is 556. The van der Waals surface area contributed by atoms with Gasteiger partial charge in [0.15, 0.2) is 0 Å². The van der Waals surface area contributed by atoms with Crippen LogP contribution in [0.1, 0.15) is 32.3 Å². The molecule has 0 amide bonds. The number of aromatic nitrogens is 1. The van der Waals surface area contributed by atoms with Crippen molar-refractivity contribution in [1.29, 1.82) is 0 Å². The van der Waals surface area contributed by atoms with Gasteiger partial charge in [-0.2, -0.15) is 0 Å². The van der Waals surface area contributed by atoms with Gasteiger partial charge in [-0.25, -0.2) is 4.98 Å². The van der Waals surface area contributed by atoms with E-state index in [1.807, 2.05) is 4.90 Å². The zero-order chi connectivity index (χ0) is 16.8. The summed E-state index contributed by atoms with van der Waals surface area (Å²) in [5, 5.41) is 11.5. The van der Waals surface area contributed by atoms with Crippen molar-refractivity contribution >= 4 is 17.8 Å². The molecule has 7 heteroatoms. The maximum Gasteiger partial charge on any atom is 0.311 e. The lowest BCUT2D eigenvalue weighted by Crippen LogP contribution is -2.42. The van der Waals surface area contributed by atoms with Gasteiger partial charge in [0.05, 0.1) is 4.92 Å². The standard InChI is InChI=1S/C16H23N3O4/c1-12(2)11-18(14-4-7-23-8-5-14)16-15(19(21)22)9-13(3-6-20)10-17-16/h6,9-10,12,14H,3-5,7-8,11H2,1-2H3.